The van der Waals surface area contributed by atoms with E-state index < -0.39 is 67.1 Å². The summed E-state index contributed by atoms with van der Waals surface area (Å²) in [5, 5.41) is 0. The van der Waals surface area contributed by atoms with Crippen molar-refractivity contribution >= 4 is 35.4 Å². The first-order valence-electron chi connectivity index (χ1n) is 17.1. The van der Waals surface area contributed by atoms with Gasteiger partial charge in [-0.25, -0.2) is 0 Å². The zero-order valence-electron chi connectivity index (χ0n) is 30.9. The van der Waals surface area contributed by atoms with Crippen LogP contribution in [0.2, 0.25) is 0 Å². The zero-order chi connectivity index (χ0) is 38.3. The maximum Gasteiger partial charge on any atom is 0.303 e. The molecule has 0 bridgehead atoms. The third kappa shape index (κ3) is 8.32. The smallest absolute Gasteiger partial charge is 0.303 e. The Morgan fingerprint density at radius 1 is 0.712 bits per heavy atom. The number of benzene rings is 1. The number of methoxy groups -OCH3 is 1. The Morgan fingerprint density at radius 3 is 1.73 bits per heavy atom. The predicted molar refractivity (Wildman–Crippen MR) is 179 cm³/mol. The fourth-order valence-corrected chi connectivity index (χ4v) is 7.38. The molecule has 4 aliphatic rings. The quantitative estimate of drug-likeness (QED) is 0.256. The lowest BCUT2D eigenvalue weighted by atomic mass is 9.65. The van der Waals surface area contributed by atoms with Crippen molar-refractivity contribution in [3.63, 3.8) is 0 Å². The van der Waals surface area contributed by atoms with Gasteiger partial charge in [0.2, 0.25) is 12.4 Å². The van der Waals surface area contributed by atoms with E-state index in [1.54, 1.807) is 18.2 Å². The molecule has 0 amide bonds. The van der Waals surface area contributed by atoms with E-state index in [0.29, 0.717) is 41.1 Å². The minimum atomic E-state index is -1.50. The molecular formula is C38H46O14. The van der Waals surface area contributed by atoms with E-state index >= 15 is 0 Å². The number of carbonyl (C=O) groups is 6. The largest absolute Gasteiger partial charge is 0.493 e. The molecule has 1 fully saturated rings. The molecule has 282 valence electrons. The highest BCUT2D eigenvalue weighted by atomic mass is 16.7. The highest BCUT2D eigenvalue weighted by Gasteiger charge is 2.54. The Balaban J connectivity index is 1.57. The van der Waals surface area contributed by atoms with Crippen LogP contribution in [0.1, 0.15) is 92.6 Å². The molecule has 0 N–H and O–H groups in total. The summed E-state index contributed by atoms with van der Waals surface area (Å²) >= 11 is 0. The van der Waals surface area contributed by atoms with Crippen LogP contribution in [0.25, 0.3) is 0 Å². The topological polar surface area (TPSA) is 176 Å². The minimum Gasteiger partial charge on any atom is -0.493 e. The van der Waals surface area contributed by atoms with Gasteiger partial charge in [-0.3, -0.25) is 28.8 Å². The van der Waals surface area contributed by atoms with E-state index in [9.17, 15) is 28.8 Å². The Kier molecular flexibility index (Phi) is 10.9. The number of ketones is 2. The van der Waals surface area contributed by atoms with Gasteiger partial charge in [-0.05, 0) is 28.5 Å². The molecule has 5 rings (SSSR count). The first kappa shape index (κ1) is 38.5. The van der Waals surface area contributed by atoms with Gasteiger partial charge in [0.25, 0.3) is 0 Å². The normalized spacial score (nSPS) is 26.7. The van der Waals surface area contributed by atoms with Crippen LogP contribution in [0.3, 0.4) is 0 Å². The molecule has 0 aromatic heterocycles. The molecule has 2 aliphatic carbocycles. The van der Waals surface area contributed by atoms with Gasteiger partial charge in [-0.2, -0.15) is 0 Å². The molecule has 52 heavy (non-hydrogen) atoms. The van der Waals surface area contributed by atoms with Gasteiger partial charge in [0.05, 0.1) is 7.11 Å². The Bertz CT molecular complexity index is 1680. The Morgan fingerprint density at radius 2 is 1.23 bits per heavy atom. The fraction of sp³-hybridized carbons (Fsp3) is 0.579. The second-order valence-electron chi connectivity index (χ2n) is 15.2. The van der Waals surface area contributed by atoms with Gasteiger partial charge < -0.3 is 37.9 Å². The van der Waals surface area contributed by atoms with Gasteiger partial charge >= 0.3 is 23.9 Å². The van der Waals surface area contributed by atoms with Crippen molar-refractivity contribution in [1.82, 2.24) is 0 Å². The van der Waals surface area contributed by atoms with Crippen LogP contribution < -0.4 is 9.47 Å². The molecular weight excluding hydrogens is 680 g/mol. The highest BCUT2D eigenvalue weighted by molar-refractivity contribution is 6.06. The molecule has 2 heterocycles. The summed E-state index contributed by atoms with van der Waals surface area (Å²) < 4.78 is 46.2. The number of carbonyl (C=O) groups excluding carboxylic acids is 6. The van der Waals surface area contributed by atoms with Crippen LogP contribution in [-0.4, -0.2) is 79.9 Å². The third-order valence-corrected chi connectivity index (χ3v) is 9.29. The average molecular weight is 727 g/mol. The van der Waals surface area contributed by atoms with Crippen molar-refractivity contribution in [3.8, 4) is 11.5 Å². The first-order valence-corrected chi connectivity index (χ1v) is 17.1. The molecule has 5 unspecified atom stereocenters. The lowest BCUT2D eigenvalue weighted by molar-refractivity contribution is -0.288. The molecule has 14 nitrogen and oxygen atoms in total. The third-order valence-electron chi connectivity index (χ3n) is 9.29. The Labute approximate surface area is 302 Å². The molecule has 14 heteroatoms. The summed E-state index contributed by atoms with van der Waals surface area (Å²) in [6.45, 7) is 12.2. The van der Waals surface area contributed by atoms with Gasteiger partial charge in [0.1, 0.15) is 24.2 Å². The second kappa shape index (κ2) is 14.7. The lowest BCUT2D eigenvalue weighted by Crippen LogP contribution is -2.63. The second-order valence-corrected chi connectivity index (χ2v) is 15.2. The summed E-state index contributed by atoms with van der Waals surface area (Å²) in [5.74, 6) is -2.50. The molecule has 5 atom stereocenters. The number of ether oxygens (including phenoxy) is 8. The predicted octanol–water partition coefficient (Wildman–Crippen LogP) is 4.56. The Hall–Kier alpha value is -4.72. The number of hydrogen-bond donors (Lipinski definition) is 0. The van der Waals surface area contributed by atoms with Crippen LogP contribution in [0, 0.1) is 10.8 Å². The van der Waals surface area contributed by atoms with E-state index in [1.807, 2.05) is 27.7 Å². The van der Waals surface area contributed by atoms with Gasteiger partial charge in [-0.1, -0.05) is 33.8 Å². The van der Waals surface area contributed by atoms with Crippen molar-refractivity contribution in [2.24, 2.45) is 10.8 Å². The molecule has 0 radical (unpaired) electrons. The van der Waals surface area contributed by atoms with Gasteiger partial charge in [0, 0.05) is 70.4 Å². The highest BCUT2D eigenvalue weighted by Crippen LogP contribution is 2.54. The molecule has 0 spiro atoms. The van der Waals surface area contributed by atoms with E-state index in [4.69, 9.17) is 37.9 Å². The number of rotatable bonds is 9. The molecule has 1 aromatic carbocycles. The van der Waals surface area contributed by atoms with E-state index in [2.05, 4.69) is 0 Å². The summed E-state index contributed by atoms with van der Waals surface area (Å²) in [5.41, 5.74) is 0.830. The number of Topliss-reactive ketones (excluding diaryl/α,β-unsaturated/α-hetero) is 2. The zero-order valence-corrected chi connectivity index (χ0v) is 30.9. The van der Waals surface area contributed by atoms with Crippen LogP contribution in [0.4, 0.5) is 0 Å². The van der Waals surface area contributed by atoms with Crippen LogP contribution in [0.15, 0.2) is 40.9 Å². The summed E-state index contributed by atoms with van der Waals surface area (Å²) in [7, 11) is 1.40. The lowest BCUT2D eigenvalue weighted by Gasteiger charge is -2.44. The van der Waals surface area contributed by atoms with E-state index in [-0.39, 0.29) is 46.7 Å². The van der Waals surface area contributed by atoms with E-state index in [1.165, 1.54) is 14.0 Å². The SMILES string of the molecule is COc1cc(C2C3=C(CC(C)(C)CC3=O)OC3=C2C(=O)CC(C)(C)C3)ccc1OC1OC(COC(C)=O)C(OC(C)=O)C(OC(C)=O)C1OC(C)=O. The molecule has 0 saturated carbocycles. The number of hydrogen-bond acceptors (Lipinski definition) is 14. The fourth-order valence-electron chi connectivity index (χ4n) is 7.38. The first-order chi connectivity index (χ1) is 24.3. The van der Waals surface area contributed by atoms with Crippen molar-refractivity contribution in [3.05, 3.63) is 46.4 Å². The molecule has 1 saturated heterocycles. The van der Waals surface area contributed by atoms with Gasteiger partial charge in [0.15, 0.2) is 35.3 Å². The van der Waals surface area contributed by atoms with Crippen molar-refractivity contribution in [1.29, 1.82) is 0 Å². The van der Waals surface area contributed by atoms with E-state index in [0.717, 1.165) is 20.8 Å². The van der Waals surface area contributed by atoms with Crippen LogP contribution in [0.5, 0.6) is 11.5 Å². The maximum absolute atomic E-state index is 13.8. The average Bonchev–Trinajstić information content (AvgIpc) is 3.00. The summed E-state index contributed by atoms with van der Waals surface area (Å²) in [4.78, 5) is 76.0. The summed E-state index contributed by atoms with van der Waals surface area (Å²) in [6.07, 6.45) is -5.36. The standard InChI is InChI=1S/C38H46O14/c1-18(39)46-17-29-33(47-19(2)40)34(48-20(3)41)35(49-21(4)42)36(52-29)51-25-11-10-22(12-26(25)45-9)30-31-23(43)13-37(5,6)15-27(31)50-28-16-38(7,8)14-24(44)32(28)30/h10-12,29-30,33-36H,13-17H2,1-9H3. The van der Waals surface area contributed by atoms with Crippen molar-refractivity contribution < 1.29 is 66.7 Å². The van der Waals surface area contributed by atoms with Crippen LogP contribution >= 0.6 is 0 Å². The summed E-state index contributed by atoms with van der Waals surface area (Å²) in [6, 6.07) is 4.92. The van der Waals surface area contributed by atoms with Crippen LogP contribution in [-0.2, 0) is 57.2 Å². The maximum atomic E-state index is 13.8. The minimum absolute atomic E-state index is 0.0924. The number of allylic oxidation sites excluding steroid dienone is 4. The van der Waals surface area contributed by atoms with Crippen molar-refractivity contribution in [2.45, 2.75) is 118 Å². The monoisotopic (exact) mass is 726 g/mol. The molecule has 1 aromatic rings. The molecule has 2 aliphatic heterocycles. The van der Waals surface area contributed by atoms with Gasteiger partial charge in [-0.15, -0.1) is 0 Å². The number of esters is 4. The van der Waals surface area contributed by atoms with Crippen molar-refractivity contribution in [2.75, 3.05) is 13.7 Å².